The van der Waals surface area contributed by atoms with Gasteiger partial charge in [0.2, 0.25) is 0 Å². The Hall–Kier alpha value is -3.39. The van der Waals surface area contributed by atoms with Crippen molar-refractivity contribution in [1.29, 1.82) is 0 Å². The number of carbonyl (C=O) groups is 3. The molecule has 2 heterocycles. The third kappa shape index (κ3) is 5.49. The zero-order chi connectivity index (χ0) is 27.4. The molecule has 0 aliphatic carbocycles. The highest BCUT2D eigenvalue weighted by atomic mass is 16.5. The van der Waals surface area contributed by atoms with Crippen LogP contribution in [0.15, 0.2) is 29.8 Å². The first-order valence-corrected chi connectivity index (χ1v) is 13.0. The van der Waals surface area contributed by atoms with E-state index in [1.165, 1.54) is 0 Å². The largest absolute Gasteiger partial charge is 0.507 e. The quantitative estimate of drug-likeness (QED) is 0.208. The molecule has 2 aromatic rings. The van der Waals surface area contributed by atoms with Gasteiger partial charge in [0.05, 0.1) is 18.2 Å². The van der Waals surface area contributed by atoms with Crippen LogP contribution in [0.5, 0.6) is 0 Å². The van der Waals surface area contributed by atoms with Crippen LogP contribution in [0, 0.1) is 13.8 Å². The minimum Gasteiger partial charge on any atom is -0.507 e. The second kappa shape index (κ2) is 11.8. The van der Waals surface area contributed by atoms with E-state index in [2.05, 4.69) is 37.6 Å². The summed E-state index contributed by atoms with van der Waals surface area (Å²) in [7, 11) is 0. The van der Waals surface area contributed by atoms with Gasteiger partial charge in [-0.05, 0) is 56.5 Å². The molecule has 1 aromatic heterocycles. The molecule has 8 heteroatoms. The molecule has 1 aromatic carbocycles. The number of nitrogens with one attached hydrogen (secondary N) is 1. The van der Waals surface area contributed by atoms with Crippen molar-refractivity contribution in [3.8, 4) is 0 Å². The lowest BCUT2D eigenvalue weighted by Gasteiger charge is -2.28. The zero-order valence-electron chi connectivity index (χ0n) is 23.0. The number of amides is 1. The van der Waals surface area contributed by atoms with Crippen LogP contribution < -0.4 is 0 Å². The van der Waals surface area contributed by atoms with E-state index in [1.807, 2.05) is 24.3 Å². The normalized spacial score (nSPS) is 17.3. The number of nitrogens with zero attached hydrogens (tertiary/aromatic N) is 2. The molecule has 1 fully saturated rings. The van der Waals surface area contributed by atoms with E-state index in [0.717, 1.165) is 24.2 Å². The second-order valence-corrected chi connectivity index (χ2v) is 9.69. The number of carbonyl (C=O) groups excluding carboxylic acids is 3. The Kier molecular flexibility index (Phi) is 8.97. The van der Waals surface area contributed by atoms with Gasteiger partial charge in [0.25, 0.3) is 11.7 Å². The maximum absolute atomic E-state index is 13.4. The summed E-state index contributed by atoms with van der Waals surface area (Å²) in [5.74, 6) is -1.86. The predicted molar refractivity (Wildman–Crippen MR) is 144 cm³/mol. The number of ketones is 1. The molecule has 1 aliphatic heterocycles. The maximum atomic E-state index is 13.4. The van der Waals surface area contributed by atoms with Gasteiger partial charge in [-0.2, -0.15) is 0 Å². The number of hydrogen-bond acceptors (Lipinski definition) is 6. The van der Waals surface area contributed by atoms with E-state index < -0.39 is 23.7 Å². The van der Waals surface area contributed by atoms with Gasteiger partial charge in [0.1, 0.15) is 11.5 Å². The lowest BCUT2D eigenvalue weighted by atomic mass is 9.92. The number of Topliss-reactive ketones (excluding diaryl/α,β-unsaturated/α-hetero) is 1. The smallest absolute Gasteiger partial charge is 0.355 e. The molecule has 0 bridgehead atoms. The summed E-state index contributed by atoms with van der Waals surface area (Å²) >= 11 is 0. The van der Waals surface area contributed by atoms with E-state index in [-0.39, 0.29) is 23.6 Å². The summed E-state index contributed by atoms with van der Waals surface area (Å²) < 4.78 is 5.13. The molecular formula is C29H39N3O5. The van der Waals surface area contributed by atoms with E-state index in [4.69, 9.17) is 4.74 Å². The van der Waals surface area contributed by atoms with Crippen LogP contribution in [0.1, 0.15) is 85.0 Å². The highest BCUT2D eigenvalue weighted by Gasteiger charge is 2.46. The van der Waals surface area contributed by atoms with Crippen LogP contribution in [-0.4, -0.2) is 70.3 Å². The Labute approximate surface area is 219 Å². The average Bonchev–Trinajstić information content (AvgIpc) is 3.31. The molecule has 8 nitrogen and oxygen atoms in total. The third-order valence-electron chi connectivity index (χ3n) is 7.16. The van der Waals surface area contributed by atoms with Gasteiger partial charge >= 0.3 is 5.97 Å². The van der Waals surface area contributed by atoms with Gasteiger partial charge in [-0.3, -0.25) is 9.59 Å². The highest BCUT2D eigenvalue weighted by Crippen LogP contribution is 2.41. The number of rotatable bonds is 10. The van der Waals surface area contributed by atoms with Gasteiger partial charge in [-0.1, -0.05) is 52.0 Å². The Bertz CT molecular complexity index is 1190. The first-order chi connectivity index (χ1) is 17.6. The molecule has 1 unspecified atom stereocenters. The fraction of sp³-hybridized carbons (Fsp3) is 0.483. The van der Waals surface area contributed by atoms with E-state index in [9.17, 15) is 19.5 Å². The number of aliphatic hydroxyl groups excluding tert-OH is 1. The van der Waals surface area contributed by atoms with Gasteiger partial charge in [0.15, 0.2) is 0 Å². The average molecular weight is 510 g/mol. The first kappa shape index (κ1) is 28.2. The van der Waals surface area contributed by atoms with Crippen LogP contribution in [0.4, 0.5) is 0 Å². The van der Waals surface area contributed by atoms with Gasteiger partial charge < -0.3 is 24.6 Å². The zero-order valence-corrected chi connectivity index (χ0v) is 23.0. The lowest BCUT2D eigenvalue weighted by molar-refractivity contribution is -0.140. The van der Waals surface area contributed by atoms with Crippen LogP contribution in [0.3, 0.4) is 0 Å². The first-order valence-electron chi connectivity index (χ1n) is 13.0. The minimum atomic E-state index is -0.739. The SMILES string of the molecule is CCOC(=O)c1[nH]c(C)c(C(O)=C2C(=O)C(=O)N(CCN(CC)CC)C2c2ccc(C(C)C)cc2)c1C. The number of hydrogen-bond donors (Lipinski definition) is 2. The molecule has 1 atom stereocenters. The Morgan fingerprint density at radius 2 is 1.73 bits per heavy atom. The van der Waals surface area contributed by atoms with E-state index in [1.54, 1.807) is 25.7 Å². The number of aryl methyl sites for hydroxylation is 1. The Morgan fingerprint density at radius 1 is 1.11 bits per heavy atom. The van der Waals surface area contributed by atoms with Gasteiger partial charge in [-0.15, -0.1) is 0 Å². The van der Waals surface area contributed by atoms with Crippen LogP contribution in [0.2, 0.25) is 0 Å². The number of aliphatic hydroxyl groups is 1. The molecule has 1 saturated heterocycles. The molecule has 3 rings (SSSR count). The third-order valence-corrected chi connectivity index (χ3v) is 7.16. The summed E-state index contributed by atoms with van der Waals surface area (Å²) in [6, 6.07) is 7.10. The fourth-order valence-electron chi connectivity index (χ4n) is 4.96. The lowest BCUT2D eigenvalue weighted by Crippen LogP contribution is -2.38. The molecule has 0 saturated carbocycles. The molecule has 200 valence electrons. The predicted octanol–water partition coefficient (Wildman–Crippen LogP) is 4.70. The van der Waals surface area contributed by atoms with Gasteiger partial charge in [0, 0.05) is 24.3 Å². The number of benzene rings is 1. The van der Waals surface area contributed by atoms with Crippen molar-refractivity contribution in [2.24, 2.45) is 0 Å². The maximum Gasteiger partial charge on any atom is 0.355 e. The second-order valence-electron chi connectivity index (χ2n) is 9.69. The number of likely N-dealkylation sites (tertiary alicyclic amines) is 1. The topological polar surface area (TPSA) is 103 Å². The molecule has 0 spiro atoms. The van der Waals surface area contributed by atoms with E-state index >= 15 is 0 Å². The van der Waals surface area contributed by atoms with Gasteiger partial charge in [-0.25, -0.2) is 4.79 Å². The standard InChI is InChI=1S/C29H39N3O5/c1-8-31(9-2)15-16-32-25(21-13-11-20(12-14-21)17(4)5)23(27(34)28(32)35)26(33)22-18(6)24(30-19(22)7)29(36)37-10-3/h11-14,17,25,30,33H,8-10,15-16H2,1-7H3. The molecular weight excluding hydrogens is 470 g/mol. The number of likely N-dealkylation sites (N-methyl/N-ethyl adjacent to an activating group) is 1. The van der Waals surface area contributed by atoms with E-state index in [0.29, 0.717) is 35.8 Å². The van der Waals surface area contributed by atoms with Crippen LogP contribution in [-0.2, 0) is 14.3 Å². The molecule has 1 aliphatic rings. The Balaban J connectivity index is 2.17. The molecule has 0 radical (unpaired) electrons. The fourth-order valence-corrected chi connectivity index (χ4v) is 4.96. The summed E-state index contributed by atoms with van der Waals surface area (Å²) in [5, 5.41) is 11.6. The number of H-pyrrole nitrogens is 1. The van der Waals surface area contributed by atoms with Crippen molar-refractivity contribution in [1.82, 2.24) is 14.8 Å². The van der Waals surface area contributed by atoms with Crippen molar-refractivity contribution in [3.63, 3.8) is 0 Å². The van der Waals surface area contributed by atoms with Crippen molar-refractivity contribution in [2.45, 2.75) is 60.4 Å². The summed E-state index contributed by atoms with van der Waals surface area (Å²) in [5.41, 5.74) is 3.46. The molecule has 37 heavy (non-hydrogen) atoms. The molecule has 2 N–H and O–H groups in total. The van der Waals surface area contributed by atoms with Crippen molar-refractivity contribution < 1.29 is 24.2 Å². The van der Waals surface area contributed by atoms with Crippen LogP contribution >= 0.6 is 0 Å². The highest BCUT2D eigenvalue weighted by molar-refractivity contribution is 6.46. The summed E-state index contributed by atoms with van der Waals surface area (Å²) in [6.45, 7) is 16.2. The Morgan fingerprint density at radius 3 is 2.27 bits per heavy atom. The van der Waals surface area contributed by atoms with Crippen molar-refractivity contribution >= 4 is 23.4 Å². The minimum absolute atomic E-state index is 0.0300. The number of ether oxygens (including phenoxy) is 1. The number of aromatic nitrogens is 1. The van der Waals surface area contributed by atoms with Crippen molar-refractivity contribution in [2.75, 3.05) is 32.8 Å². The summed E-state index contributed by atoms with van der Waals surface area (Å²) in [6.07, 6.45) is 0. The van der Waals surface area contributed by atoms with Crippen molar-refractivity contribution in [3.05, 3.63) is 63.5 Å². The van der Waals surface area contributed by atoms with Crippen LogP contribution in [0.25, 0.3) is 5.76 Å². The molecule has 1 amide bonds. The summed E-state index contributed by atoms with van der Waals surface area (Å²) in [4.78, 5) is 45.9. The number of esters is 1. The monoisotopic (exact) mass is 509 g/mol. The number of aromatic amines is 1.